The molecule has 1 fully saturated rings. The van der Waals surface area contributed by atoms with Gasteiger partial charge in [0, 0.05) is 38.3 Å². The summed E-state index contributed by atoms with van der Waals surface area (Å²) in [5.74, 6) is -0.370. The van der Waals surface area contributed by atoms with Gasteiger partial charge in [0.2, 0.25) is 5.91 Å². The van der Waals surface area contributed by atoms with E-state index in [9.17, 15) is 14.0 Å². The van der Waals surface area contributed by atoms with Gasteiger partial charge in [-0.15, -0.1) is 0 Å². The number of halogens is 1. The van der Waals surface area contributed by atoms with Crippen molar-refractivity contribution in [2.24, 2.45) is 5.41 Å². The predicted molar refractivity (Wildman–Crippen MR) is 124 cm³/mol. The molecule has 1 heterocycles. The number of likely N-dealkylation sites (tertiary alicyclic amines) is 1. The fraction of sp³-hybridized carbons (Fsp3) is 0.259. The van der Waals surface area contributed by atoms with Crippen LogP contribution in [-0.4, -0.2) is 48.8 Å². The van der Waals surface area contributed by atoms with E-state index in [2.05, 4.69) is 0 Å². The maximum atomic E-state index is 14.6. The van der Waals surface area contributed by atoms with Crippen LogP contribution in [0.3, 0.4) is 0 Å². The normalized spacial score (nSPS) is 17.9. The van der Waals surface area contributed by atoms with Crippen LogP contribution in [0.2, 0.25) is 0 Å². The van der Waals surface area contributed by atoms with Crippen LogP contribution in [-0.2, 0) is 11.2 Å². The van der Waals surface area contributed by atoms with E-state index < -0.39 is 5.41 Å². The highest BCUT2D eigenvalue weighted by Gasteiger charge is 2.47. The van der Waals surface area contributed by atoms with Crippen molar-refractivity contribution in [3.8, 4) is 11.1 Å². The molecular formula is C27H27FN2O2. The first kappa shape index (κ1) is 21.8. The van der Waals surface area contributed by atoms with Gasteiger partial charge in [0.25, 0.3) is 5.91 Å². The topological polar surface area (TPSA) is 40.6 Å². The summed E-state index contributed by atoms with van der Waals surface area (Å²) in [6, 6.07) is 23.5. The zero-order valence-electron chi connectivity index (χ0n) is 18.4. The summed E-state index contributed by atoms with van der Waals surface area (Å²) in [6.07, 6.45) is 1.00. The molecule has 3 aromatic carbocycles. The summed E-state index contributed by atoms with van der Waals surface area (Å²) in [6.45, 7) is 0.846. The smallest absolute Gasteiger partial charge is 0.253 e. The van der Waals surface area contributed by atoms with Crippen LogP contribution >= 0.6 is 0 Å². The molecule has 0 bridgehead atoms. The minimum Gasteiger partial charge on any atom is -0.348 e. The Morgan fingerprint density at radius 1 is 0.906 bits per heavy atom. The summed E-state index contributed by atoms with van der Waals surface area (Å²) in [5.41, 5.74) is 2.07. The minimum atomic E-state index is -0.755. The van der Waals surface area contributed by atoms with Crippen LogP contribution in [0.25, 0.3) is 11.1 Å². The number of rotatable bonds is 5. The lowest BCUT2D eigenvalue weighted by molar-refractivity contribution is -0.138. The van der Waals surface area contributed by atoms with E-state index in [1.807, 2.05) is 48.5 Å². The Morgan fingerprint density at radius 2 is 1.53 bits per heavy atom. The quantitative estimate of drug-likeness (QED) is 0.591. The number of amides is 2. The lowest BCUT2D eigenvalue weighted by Crippen LogP contribution is -2.44. The van der Waals surface area contributed by atoms with Crippen LogP contribution < -0.4 is 0 Å². The molecule has 1 unspecified atom stereocenters. The summed E-state index contributed by atoms with van der Waals surface area (Å²) in [7, 11) is 3.49. The van der Waals surface area contributed by atoms with Crippen LogP contribution in [0.4, 0.5) is 4.39 Å². The highest BCUT2D eigenvalue weighted by atomic mass is 19.1. The monoisotopic (exact) mass is 430 g/mol. The molecule has 164 valence electrons. The first-order valence-electron chi connectivity index (χ1n) is 10.8. The molecule has 1 atom stereocenters. The minimum absolute atomic E-state index is 0.0100. The van der Waals surface area contributed by atoms with Crippen LogP contribution in [0, 0.1) is 11.2 Å². The second-order valence-electron chi connectivity index (χ2n) is 8.64. The molecule has 1 saturated heterocycles. The fourth-order valence-corrected chi connectivity index (χ4v) is 4.66. The van der Waals surface area contributed by atoms with Gasteiger partial charge in [-0.1, -0.05) is 60.7 Å². The van der Waals surface area contributed by atoms with Crippen molar-refractivity contribution in [1.82, 2.24) is 9.80 Å². The standard InChI is InChI=1S/C27H27FN2O2/c1-29(2)26(32)27(16-17-30(19-27)25(31)20-10-4-3-5-11-20)18-21-12-6-7-13-22(21)23-14-8-9-15-24(23)28/h3-15H,16-19H2,1-2H3. The third kappa shape index (κ3) is 4.15. The van der Waals surface area contributed by atoms with Gasteiger partial charge in [-0.05, 0) is 42.2 Å². The van der Waals surface area contributed by atoms with Crippen LogP contribution in [0.1, 0.15) is 22.3 Å². The second kappa shape index (κ2) is 8.95. The van der Waals surface area contributed by atoms with Crippen molar-refractivity contribution in [3.63, 3.8) is 0 Å². The summed E-state index contributed by atoms with van der Waals surface area (Å²) in [5, 5.41) is 0. The third-order valence-electron chi connectivity index (χ3n) is 6.23. The van der Waals surface area contributed by atoms with E-state index in [-0.39, 0.29) is 17.6 Å². The maximum absolute atomic E-state index is 14.6. The first-order valence-corrected chi connectivity index (χ1v) is 10.8. The number of nitrogens with zero attached hydrogens (tertiary/aromatic N) is 2. The van der Waals surface area contributed by atoms with Crippen molar-refractivity contribution >= 4 is 11.8 Å². The SMILES string of the molecule is CN(C)C(=O)C1(Cc2ccccc2-c2ccccc2F)CCN(C(=O)c2ccccc2)C1. The highest BCUT2D eigenvalue weighted by Crippen LogP contribution is 2.39. The molecule has 1 aliphatic rings. The lowest BCUT2D eigenvalue weighted by atomic mass is 9.77. The van der Waals surface area contributed by atoms with Gasteiger partial charge in [0.15, 0.2) is 0 Å². The first-order chi connectivity index (χ1) is 15.4. The molecule has 0 N–H and O–H groups in total. The molecule has 2 amide bonds. The Morgan fingerprint density at radius 3 is 2.22 bits per heavy atom. The Balaban J connectivity index is 1.69. The molecule has 4 rings (SSSR count). The number of carbonyl (C=O) groups excluding carboxylic acids is 2. The molecular weight excluding hydrogens is 403 g/mol. The molecule has 4 nitrogen and oxygen atoms in total. The second-order valence-corrected chi connectivity index (χ2v) is 8.64. The number of hydrogen-bond acceptors (Lipinski definition) is 2. The number of benzene rings is 3. The fourth-order valence-electron chi connectivity index (χ4n) is 4.66. The zero-order valence-corrected chi connectivity index (χ0v) is 18.4. The highest BCUT2D eigenvalue weighted by molar-refractivity contribution is 5.95. The zero-order chi connectivity index (χ0) is 22.7. The summed E-state index contributed by atoms with van der Waals surface area (Å²) in [4.78, 5) is 29.8. The van der Waals surface area contributed by atoms with Gasteiger partial charge >= 0.3 is 0 Å². The van der Waals surface area contributed by atoms with Crippen molar-refractivity contribution in [2.45, 2.75) is 12.8 Å². The Labute approximate surface area is 188 Å². The largest absolute Gasteiger partial charge is 0.348 e. The Hall–Kier alpha value is -3.47. The average Bonchev–Trinajstić information content (AvgIpc) is 3.24. The van der Waals surface area contributed by atoms with Crippen LogP contribution in [0.5, 0.6) is 0 Å². The number of hydrogen-bond donors (Lipinski definition) is 0. The molecule has 0 aromatic heterocycles. The Bertz CT molecular complexity index is 1130. The van der Waals surface area contributed by atoms with Gasteiger partial charge in [-0.25, -0.2) is 4.39 Å². The van der Waals surface area contributed by atoms with Crippen LogP contribution in [0.15, 0.2) is 78.9 Å². The maximum Gasteiger partial charge on any atom is 0.253 e. The van der Waals surface area contributed by atoms with E-state index in [0.717, 1.165) is 11.1 Å². The third-order valence-corrected chi connectivity index (χ3v) is 6.23. The molecule has 0 saturated carbocycles. The van der Waals surface area contributed by atoms with Crippen molar-refractivity contribution in [1.29, 1.82) is 0 Å². The predicted octanol–water partition coefficient (Wildman–Crippen LogP) is 4.66. The van der Waals surface area contributed by atoms with E-state index in [1.165, 1.54) is 6.07 Å². The average molecular weight is 431 g/mol. The summed E-state index contributed by atoms with van der Waals surface area (Å²) < 4.78 is 14.6. The van der Waals surface area contributed by atoms with Crippen molar-refractivity contribution in [2.75, 3.05) is 27.2 Å². The molecule has 3 aromatic rings. The molecule has 0 spiro atoms. The van der Waals surface area contributed by atoms with Gasteiger partial charge in [-0.3, -0.25) is 9.59 Å². The van der Waals surface area contributed by atoms with E-state index in [1.54, 1.807) is 48.2 Å². The van der Waals surface area contributed by atoms with Gasteiger partial charge < -0.3 is 9.80 Å². The molecule has 0 aliphatic carbocycles. The molecule has 1 aliphatic heterocycles. The molecule has 0 radical (unpaired) electrons. The van der Waals surface area contributed by atoms with Gasteiger partial charge in [-0.2, -0.15) is 0 Å². The van der Waals surface area contributed by atoms with Gasteiger partial charge in [0.05, 0.1) is 5.41 Å². The van der Waals surface area contributed by atoms with E-state index in [4.69, 9.17) is 0 Å². The lowest BCUT2D eigenvalue weighted by Gasteiger charge is -2.32. The molecule has 32 heavy (non-hydrogen) atoms. The molecule has 5 heteroatoms. The Kier molecular flexibility index (Phi) is 6.08. The van der Waals surface area contributed by atoms with E-state index >= 15 is 0 Å². The summed E-state index contributed by atoms with van der Waals surface area (Å²) >= 11 is 0. The van der Waals surface area contributed by atoms with E-state index in [0.29, 0.717) is 37.1 Å². The van der Waals surface area contributed by atoms with Gasteiger partial charge in [0.1, 0.15) is 5.82 Å². The van der Waals surface area contributed by atoms with Crippen molar-refractivity contribution < 1.29 is 14.0 Å². The van der Waals surface area contributed by atoms with Crippen molar-refractivity contribution in [3.05, 3.63) is 95.8 Å². The number of carbonyl (C=O) groups is 2.